The number of amides is 1. The Kier molecular flexibility index (Phi) is 5.36. The number of rotatable bonds is 5. The van der Waals surface area contributed by atoms with E-state index in [1.807, 2.05) is 39.0 Å². The third kappa shape index (κ3) is 4.28. The second kappa shape index (κ2) is 7.04. The highest BCUT2D eigenvalue weighted by Gasteiger charge is 2.12. The van der Waals surface area contributed by atoms with Gasteiger partial charge in [0.15, 0.2) is 0 Å². The lowest BCUT2D eigenvalue weighted by Crippen LogP contribution is -2.22. The molecule has 2 rings (SSSR count). The van der Waals surface area contributed by atoms with Crippen molar-refractivity contribution >= 4 is 33.2 Å². The monoisotopic (exact) mass is 368 g/mol. The zero-order valence-electron chi connectivity index (χ0n) is 12.1. The molecule has 0 saturated heterocycles. The van der Waals surface area contributed by atoms with Crippen molar-refractivity contribution in [1.29, 1.82) is 0 Å². The lowest BCUT2D eigenvalue weighted by atomic mass is 10.2. The molecule has 4 nitrogen and oxygen atoms in total. The average molecular weight is 369 g/mol. The van der Waals surface area contributed by atoms with E-state index in [1.165, 1.54) is 11.3 Å². The summed E-state index contributed by atoms with van der Waals surface area (Å²) in [5.74, 6) is 0.476. The summed E-state index contributed by atoms with van der Waals surface area (Å²) in [6, 6.07) is 5.61. The van der Waals surface area contributed by atoms with Gasteiger partial charge in [-0.1, -0.05) is 6.07 Å². The number of ether oxygens (including phenoxy) is 1. The SMILES string of the molecule is Cc1cc(C(=O)NCc2cccnc2OC(C)C)sc1Br. The third-order valence-electron chi connectivity index (χ3n) is 2.72. The average Bonchev–Trinajstić information content (AvgIpc) is 2.77. The van der Waals surface area contributed by atoms with Crippen molar-refractivity contribution in [2.24, 2.45) is 0 Å². The van der Waals surface area contributed by atoms with Gasteiger partial charge in [-0.05, 0) is 54.4 Å². The molecule has 2 aromatic heterocycles. The smallest absolute Gasteiger partial charge is 0.261 e. The van der Waals surface area contributed by atoms with Gasteiger partial charge in [-0.3, -0.25) is 4.79 Å². The molecule has 21 heavy (non-hydrogen) atoms. The lowest BCUT2D eigenvalue weighted by molar-refractivity contribution is 0.0954. The number of halogens is 1. The number of pyridine rings is 1. The minimum atomic E-state index is -0.0897. The molecule has 0 aliphatic heterocycles. The zero-order chi connectivity index (χ0) is 15.4. The summed E-state index contributed by atoms with van der Waals surface area (Å²) in [4.78, 5) is 17.0. The third-order valence-corrected chi connectivity index (χ3v) is 4.85. The Morgan fingerprint density at radius 3 is 2.90 bits per heavy atom. The van der Waals surface area contributed by atoms with Crippen LogP contribution in [0, 0.1) is 6.92 Å². The number of nitrogens with zero attached hydrogens (tertiary/aromatic N) is 1. The van der Waals surface area contributed by atoms with Crippen molar-refractivity contribution in [2.75, 3.05) is 0 Å². The molecule has 2 aromatic rings. The van der Waals surface area contributed by atoms with Gasteiger partial charge in [-0.2, -0.15) is 0 Å². The maximum atomic E-state index is 12.1. The summed E-state index contributed by atoms with van der Waals surface area (Å²) in [7, 11) is 0. The van der Waals surface area contributed by atoms with Crippen molar-refractivity contribution < 1.29 is 9.53 Å². The van der Waals surface area contributed by atoms with Crippen LogP contribution in [0.3, 0.4) is 0 Å². The number of nitrogens with one attached hydrogen (secondary N) is 1. The van der Waals surface area contributed by atoms with Crippen LogP contribution < -0.4 is 10.1 Å². The van der Waals surface area contributed by atoms with Crippen LogP contribution in [0.15, 0.2) is 28.2 Å². The standard InChI is InChI=1S/C15H17BrN2O2S/c1-9(2)20-15-11(5-4-6-17-15)8-18-14(19)12-7-10(3)13(16)21-12/h4-7,9H,8H2,1-3H3,(H,18,19). The van der Waals surface area contributed by atoms with E-state index >= 15 is 0 Å². The summed E-state index contributed by atoms with van der Waals surface area (Å²) in [6.07, 6.45) is 1.73. The fourth-order valence-electron chi connectivity index (χ4n) is 1.72. The van der Waals surface area contributed by atoms with Gasteiger partial charge in [0.2, 0.25) is 5.88 Å². The van der Waals surface area contributed by atoms with Gasteiger partial charge in [0.1, 0.15) is 0 Å². The van der Waals surface area contributed by atoms with Gasteiger partial charge in [0.05, 0.1) is 14.8 Å². The van der Waals surface area contributed by atoms with Crippen LogP contribution in [0.25, 0.3) is 0 Å². The Labute approximate surface area is 136 Å². The molecule has 0 aliphatic carbocycles. The van der Waals surface area contributed by atoms with E-state index in [0.29, 0.717) is 17.3 Å². The second-order valence-corrected chi connectivity index (χ2v) is 7.25. The van der Waals surface area contributed by atoms with E-state index in [1.54, 1.807) is 6.20 Å². The van der Waals surface area contributed by atoms with Gasteiger partial charge in [0, 0.05) is 18.3 Å². The van der Waals surface area contributed by atoms with Crippen molar-refractivity contribution in [3.05, 3.63) is 44.2 Å². The van der Waals surface area contributed by atoms with Crippen LogP contribution in [-0.2, 0) is 6.54 Å². The number of hydrogen-bond acceptors (Lipinski definition) is 4. The lowest BCUT2D eigenvalue weighted by Gasteiger charge is -2.13. The highest BCUT2D eigenvalue weighted by atomic mass is 79.9. The van der Waals surface area contributed by atoms with Crippen molar-refractivity contribution in [3.8, 4) is 5.88 Å². The van der Waals surface area contributed by atoms with E-state index in [4.69, 9.17) is 4.74 Å². The first-order valence-corrected chi connectivity index (χ1v) is 8.23. The molecule has 0 radical (unpaired) electrons. The number of carbonyl (C=O) groups is 1. The minimum Gasteiger partial charge on any atom is -0.475 e. The van der Waals surface area contributed by atoms with Crippen LogP contribution in [0.4, 0.5) is 0 Å². The Morgan fingerprint density at radius 1 is 1.52 bits per heavy atom. The number of carbonyl (C=O) groups excluding carboxylic acids is 1. The number of thiophene rings is 1. The summed E-state index contributed by atoms with van der Waals surface area (Å²) < 4.78 is 6.62. The molecule has 2 heterocycles. The molecule has 0 unspecified atom stereocenters. The van der Waals surface area contributed by atoms with Crippen molar-refractivity contribution in [3.63, 3.8) is 0 Å². The molecule has 0 atom stereocenters. The summed E-state index contributed by atoms with van der Waals surface area (Å²) in [5.41, 5.74) is 1.93. The number of aromatic nitrogens is 1. The summed E-state index contributed by atoms with van der Waals surface area (Å²) >= 11 is 4.86. The van der Waals surface area contributed by atoms with Crippen molar-refractivity contribution in [2.45, 2.75) is 33.4 Å². The quantitative estimate of drug-likeness (QED) is 0.869. The summed E-state index contributed by atoms with van der Waals surface area (Å²) in [5, 5.41) is 2.90. The molecule has 0 saturated carbocycles. The molecule has 0 aromatic carbocycles. The molecule has 1 N–H and O–H groups in total. The largest absolute Gasteiger partial charge is 0.475 e. The molecule has 0 fully saturated rings. The fourth-order valence-corrected chi connectivity index (χ4v) is 3.17. The molecule has 0 aliphatic rings. The molecule has 0 spiro atoms. The predicted octanol–water partition coefficient (Wildman–Crippen LogP) is 3.93. The highest BCUT2D eigenvalue weighted by molar-refractivity contribution is 9.11. The Morgan fingerprint density at radius 2 is 2.29 bits per heavy atom. The molecular weight excluding hydrogens is 352 g/mol. The summed E-state index contributed by atoms with van der Waals surface area (Å²) in [6.45, 7) is 6.25. The van der Waals surface area contributed by atoms with Crippen LogP contribution >= 0.6 is 27.3 Å². The van der Waals surface area contributed by atoms with Gasteiger partial charge >= 0.3 is 0 Å². The van der Waals surface area contributed by atoms with Crippen LogP contribution in [0.5, 0.6) is 5.88 Å². The first-order valence-electron chi connectivity index (χ1n) is 6.62. The van der Waals surface area contributed by atoms with Crippen LogP contribution in [0.2, 0.25) is 0 Å². The van der Waals surface area contributed by atoms with Crippen LogP contribution in [-0.4, -0.2) is 17.0 Å². The topological polar surface area (TPSA) is 51.2 Å². The van der Waals surface area contributed by atoms with E-state index in [9.17, 15) is 4.79 Å². The van der Waals surface area contributed by atoms with E-state index in [0.717, 1.165) is 14.9 Å². The minimum absolute atomic E-state index is 0.0465. The van der Waals surface area contributed by atoms with Gasteiger partial charge in [-0.25, -0.2) is 4.98 Å². The van der Waals surface area contributed by atoms with E-state index in [2.05, 4.69) is 26.2 Å². The molecule has 1 amide bonds. The first-order chi connectivity index (χ1) is 9.97. The Bertz CT molecular complexity index is 621. The van der Waals surface area contributed by atoms with Crippen molar-refractivity contribution in [1.82, 2.24) is 10.3 Å². The van der Waals surface area contributed by atoms with Gasteiger partial charge in [-0.15, -0.1) is 11.3 Å². The van der Waals surface area contributed by atoms with E-state index < -0.39 is 0 Å². The molecule has 6 heteroatoms. The highest BCUT2D eigenvalue weighted by Crippen LogP contribution is 2.27. The predicted molar refractivity (Wildman–Crippen MR) is 87.9 cm³/mol. The van der Waals surface area contributed by atoms with Gasteiger partial charge < -0.3 is 10.1 Å². The zero-order valence-corrected chi connectivity index (χ0v) is 14.5. The van der Waals surface area contributed by atoms with E-state index in [-0.39, 0.29) is 12.0 Å². The normalized spacial score (nSPS) is 10.7. The maximum Gasteiger partial charge on any atom is 0.261 e. The molecule has 112 valence electrons. The number of hydrogen-bond donors (Lipinski definition) is 1. The fraction of sp³-hybridized carbons (Fsp3) is 0.333. The first kappa shape index (κ1) is 16.0. The number of aryl methyl sites for hydroxylation is 1. The molecular formula is C15H17BrN2O2S. The van der Waals surface area contributed by atoms with Gasteiger partial charge in [0.25, 0.3) is 5.91 Å². The molecule has 0 bridgehead atoms. The second-order valence-electron chi connectivity index (χ2n) is 4.88. The maximum absolute atomic E-state index is 12.1. The Balaban J connectivity index is 2.04. The Hall–Kier alpha value is -1.40. The van der Waals surface area contributed by atoms with Crippen LogP contribution in [0.1, 0.15) is 34.6 Å².